The minimum absolute atomic E-state index is 0. The number of hydrogen-bond donors (Lipinski definition) is 1. The van der Waals surface area contributed by atoms with Crippen LogP contribution in [0.2, 0.25) is 0 Å². The van der Waals surface area contributed by atoms with Gasteiger partial charge in [-0.25, -0.2) is 0 Å². The summed E-state index contributed by atoms with van der Waals surface area (Å²) in [5.74, 6) is 0.0779. The number of pyridine rings is 1. The number of halogens is 1. The molecule has 3 aliphatic rings. The molecule has 4 rings (SSSR count). The van der Waals surface area contributed by atoms with E-state index in [1.54, 1.807) is 0 Å². The number of aromatic nitrogens is 1. The molecule has 1 saturated carbocycles. The third-order valence-corrected chi connectivity index (χ3v) is 6.74. The Morgan fingerprint density at radius 2 is 1.83 bits per heavy atom. The molecule has 2 atom stereocenters. The van der Waals surface area contributed by atoms with Crippen LogP contribution < -0.4 is 5.32 Å². The molecule has 1 aromatic heterocycles. The molecule has 1 N–H and O–H groups in total. The third-order valence-electron chi connectivity index (χ3n) is 6.74. The molecule has 2 aliphatic heterocycles. The van der Waals surface area contributed by atoms with Crippen LogP contribution in [0.3, 0.4) is 0 Å². The molecule has 3 fully saturated rings. The van der Waals surface area contributed by atoms with Gasteiger partial charge in [-0.2, -0.15) is 0 Å². The van der Waals surface area contributed by atoms with Gasteiger partial charge in [0.1, 0.15) is 5.54 Å². The van der Waals surface area contributed by atoms with Crippen LogP contribution in [0.15, 0.2) is 24.4 Å². The maximum absolute atomic E-state index is 13.3. The molecule has 1 aromatic rings. The summed E-state index contributed by atoms with van der Waals surface area (Å²) in [6, 6.07) is 6.26. The number of nitrogens with one attached hydrogen (secondary N) is 1. The largest absolute Gasteiger partial charge is 0.349 e. The van der Waals surface area contributed by atoms with E-state index in [1.165, 1.54) is 0 Å². The Bertz CT molecular complexity index is 736. The Balaban J connectivity index is 0.00000256. The average molecular weight is 436 g/mol. The number of amides is 2. The first-order chi connectivity index (χ1) is 13.9. The molecule has 2 unspecified atom stereocenters. The molecular formula is C22H34ClN5O2. The van der Waals surface area contributed by atoms with Crippen LogP contribution in [0, 0.1) is 0 Å². The predicted molar refractivity (Wildman–Crippen MR) is 118 cm³/mol. The van der Waals surface area contributed by atoms with Crippen LogP contribution >= 0.6 is 12.4 Å². The number of carbonyl (C=O) groups excluding carboxylic acids is 2. The van der Waals surface area contributed by atoms with Crippen LogP contribution in [-0.4, -0.2) is 81.8 Å². The van der Waals surface area contributed by atoms with Crippen molar-refractivity contribution in [3.63, 3.8) is 0 Å². The van der Waals surface area contributed by atoms with Gasteiger partial charge >= 0.3 is 0 Å². The van der Waals surface area contributed by atoms with Crippen molar-refractivity contribution >= 4 is 24.2 Å². The zero-order valence-corrected chi connectivity index (χ0v) is 18.9. The van der Waals surface area contributed by atoms with E-state index >= 15 is 0 Å². The summed E-state index contributed by atoms with van der Waals surface area (Å²) in [4.78, 5) is 36.9. The summed E-state index contributed by atoms with van der Waals surface area (Å²) >= 11 is 0. The Kier molecular flexibility index (Phi) is 7.37. The van der Waals surface area contributed by atoms with E-state index in [4.69, 9.17) is 0 Å². The molecule has 8 heteroatoms. The number of piperazine rings is 2. The summed E-state index contributed by atoms with van der Waals surface area (Å²) in [5.41, 5.74) is 0.303. The van der Waals surface area contributed by atoms with E-state index in [0.717, 1.165) is 64.1 Å². The molecule has 2 saturated heterocycles. The highest BCUT2D eigenvalue weighted by Gasteiger charge is 2.50. The molecule has 1 aliphatic carbocycles. The van der Waals surface area contributed by atoms with Gasteiger partial charge in [0.25, 0.3) is 0 Å². The molecule has 166 valence electrons. The summed E-state index contributed by atoms with van der Waals surface area (Å²) < 4.78 is 0. The van der Waals surface area contributed by atoms with Gasteiger partial charge < -0.3 is 10.2 Å². The van der Waals surface area contributed by atoms with Crippen molar-refractivity contribution in [2.24, 2.45) is 0 Å². The normalized spacial score (nSPS) is 27.0. The number of carbonyl (C=O) groups is 2. The fraction of sp³-hybridized carbons (Fsp3) is 0.682. The van der Waals surface area contributed by atoms with Gasteiger partial charge in [-0.3, -0.25) is 24.4 Å². The smallest absolute Gasteiger partial charge is 0.245 e. The van der Waals surface area contributed by atoms with E-state index in [0.29, 0.717) is 6.54 Å². The van der Waals surface area contributed by atoms with Gasteiger partial charge in [0.15, 0.2) is 0 Å². The van der Waals surface area contributed by atoms with E-state index in [-0.39, 0.29) is 36.3 Å². The number of fused-ring (bicyclic) bond motifs is 1. The number of hydrogen-bond acceptors (Lipinski definition) is 5. The zero-order valence-electron chi connectivity index (χ0n) is 18.0. The Morgan fingerprint density at radius 1 is 1.13 bits per heavy atom. The molecule has 3 heterocycles. The van der Waals surface area contributed by atoms with E-state index in [9.17, 15) is 9.59 Å². The van der Waals surface area contributed by atoms with Crippen molar-refractivity contribution in [1.82, 2.24) is 25.0 Å². The van der Waals surface area contributed by atoms with Gasteiger partial charge in [-0.05, 0) is 38.8 Å². The quantitative estimate of drug-likeness (QED) is 0.779. The van der Waals surface area contributed by atoms with Crippen molar-refractivity contribution in [2.45, 2.75) is 63.7 Å². The van der Waals surface area contributed by atoms with Crippen LogP contribution in [0.4, 0.5) is 0 Å². The summed E-state index contributed by atoms with van der Waals surface area (Å²) in [5, 5.41) is 3.17. The topological polar surface area (TPSA) is 68.8 Å². The second-order valence-electron chi connectivity index (χ2n) is 9.13. The molecule has 0 spiro atoms. The van der Waals surface area contributed by atoms with Crippen LogP contribution in [0.5, 0.6) is 0 Å². The Hall–Kier alpha value is -1.70. The summed E-state index contributed by atoms with van der Waals surface area (Å²) in [7, 11) is 0. The molecule has 7 nitrogen and oxygen atoms in total. The van der Waals surface area contributed by atoms with Crippen molar-refractivity contribution in [1.29, 1.82) is 0 Å². The van der Waals surface area contributed by atoms with E-state index in [2.05, 4.69) is 26.2 Å². The Morgan fingerprint density at radius 3 is 2.53 bits per heavy atom. The molecular weight excluding hydrogens is 402 g/mol. The average Bonchev–Trinajstić information content (AvgIpc) is 2.71. The maximum atomic E-state index is 13.3. The SMILES string of the molecule is CC1(C)C(=O)NC2CCCCC2N1C(=O)CN1CCN(Cc2ccccn2)CC1.Cl. The summed E-state index contributed by atoms with van der Waals surface area (Å²) in [6.45, 7) is 8.62. The number of nitrogens with zero attached hydrogens (tertiary/aromatic N) is 4. The maximum Gasteiger partial charge on any atom is 0.245 e. The van der Waals surface area contributed by atoms with E-state index in [1.807, 2.05) is 37.1 Å². The zero-order chi connectivity index (χ0) is 20.4. The van der Waals surface area contributed by atoms with Crippen LogP contribution in [-0.2, 0) is 16.1 Å². The van der Waals surface area contributed by atoms with Gasteiger partial charge in [-0.15, -0.1) is 12.4 Å². The molecule has 0 bridgehead atoms. The van der Waals surface area contributed by atoms with Crippen LogP contribution in [0.1, 0.15) is 45.2 Å². The highest BCUT2D eigenvalue weighted by Crippen LogP contribution is 2.33. The standard InChI is InChI=1S/C22H33N5O2.ClH/c1-22(2)21(29)24-18-8-3-4-9-19(18)27(22)20(28)16-26-13-11-25(12-14-26)15-17-7-5-6-10-23-17;/h5-7,10,18-19H,3-4,8-9,11-16H2,1-2H3,(H,24,29);1H. The predicted octanol–water partition coefficient (Wildman–Crippen LogP) is 1.67. The minimum atomic E-state index is -0.781. The minimum Gasteiger partial charge on any atom is -0.349 e. The van der Waals surface area contributed by atoms with Crippen LogP contribution in [0.25, 0.3) is 0 Å². The lowest BCUT2D eigenvalue weighted by Crippen LogP contribution is -2.72. The lowest BCUT2D eigenvalue weighted by atomic mass is 9.82. The Labute approximate surface area is 185 Å². The van der Waals surface area contributed by atoms with Gasteiger partial charge in [0.2, 0.25) is 11.8 Å². The van der Waals surface area contributed by atoms with Crippen molar-refractivity contribution in [2.75, 3.05) is 32.7 Å². The highest BCUT2D eigenvalue weighted by molar-refractivity contribution is 5.93. The van der Waals surface area contributed by atoms with Crippen molar-refractivity contribution in [3.05, 3.63) is 30.1 Å². The van der Waals surface area contributed by atoms with Crippen molar-refractivity contribution < 1.29 is 9.59 Å². The molecule has 0 aromatic carbocycles. The van der Waals surface area contributed by atoms with Gasteiger partial charge in [0, 0.05) is 45.0 Å². The van der Waals surface area contributed by atoms with Gasteiger partial charge in [-0.1, -0.05) is 18.9 Å². The summed E-state index contributed by atoms with van der Waals surface area (Å²) in [6.07, 6.45) is 6.05. The first kappa shape index (κ1) is 23.0. The molecule has 2 amide bonds. The number of rotatable bonds is 4. The molecule has 0 radical (unpaired) electrons. The second kappa shape index (κ2) is 9.62. The lowest BCUT2D eigenvalue weighted by Gasteiger charge is -2.52. The van der Waals surface area contributed by atoms with Crippen molar-refractivity contribution in [3.8, 4) is 0 Å². The lowest BCUT2D eigenvalue weighted by molar-refractivity contribution is -0.158. The highest BCUT2D eigenvalue weighted by atomic mass is 35.5. The fourth-order valence-electron chi connectivity index (χ4n) is 5.05. The first-order valence-electron chi connectivity index (χ1n) is 10.9. The second-order valence-corrected chi connectivity index (χ2v) is 9.13. The van der Waals surface area contributed by atoms with E-state index < -0.39 is 5.54 Å². The first-order valence-corrected chi connectivity index (χ1v) is 10.9. The monoisotopic (exact) mass is 435 g/mol. The third kappa shape index (κ3) is 4.79. The fourth-order valence-corrected chi connectivity index (χ4v) is 5.05. The molecule has 30 heavy (non-hydrogen) atoms. The van der Waals surface area contributed by atoms with Gasteiger partial charge in [0.05, 0.1) is 18.3 Å².